The van der Waals surface area contributed by atoms with Crippen LogP contribution in [0.2, 0.25) is 0 Å². The van der Waals surface area contributed by atoms with Crippen molar-refractivity contribution in [3.8, 4) is 0 Å². The second-order valence-electron chi connectivity index (χ2n) is 5.84. The highest BCUT2D eigenvalue weighted by molar-refractivity contribution is 7.89. The molecule has 0 bridgehead atoms. The van der Waals surface area contributed by atoms with Gasteiger partial charge in [-0.2, -0.15) is 0 Å². The summed E-state index contributed by atoms with van der Waals surface area (Å²) in [6, 6.07) is 6.01. The molecule has 2 aromatic rings. The number of rotatable bonds is 3. The topological polar surface area (TPSA) is 99.6 Å². The van der Waals surface area contributed by atoms with E-state index >= 15 is 0 Å². The number of aromatic nitrogens is 1. The quantitative estimate of drug-likeness (QED) is 0.854. The highest BCUT2D eigenvalue weighted by Crippen LogP contribution is 2.35. The van der Waals surface area contributed by atoms with E-state index in [0.29, 0.717) is 5.13 Å². The lowest BCUT2D eigenvalue weighted by atomic mass is 10.1. The van der Waals surface area contributed by atoms with Crippen LogP contribution < -0.4 is 5.32 Å². The smallest absolute Gasteiger partial charge is 0.278 e. The van der Waals surface area contributed by atoms with E-state index in [9.17, 15) is 18.3 Å². The number of anilines is 1. The maximum Gasteiger partial charge on any atom is 0.278 e. The van der Waals surface area contributed by atoms with Gasteiger partial charge in [0.05, 0.1) is 4.90 Å². The van der Waals surface area contributed by atoms with Gasteiger partial charge in [0, 0.05) is 23.7 Å². The SMILES string of the molecule is CC(C)c1cnc(NC(=O)C2=C(O)c3ccccc3S(=O)(=O)N2C)s1. The summed E-state index contributed by atoms with van der Waals surface area (Å²) in [5, 5.41) is 13.4. The number of fused-ring (bicyclic) bond motifs is 1. The minimum atomic E-state index is -3.91. The zero-order valence-corrected chi connectivity index (χ0v) is 15.5. The van der Waals surface area contributed by atoms with E-state index in [0.717, 1.165) is 9.18 Å². The lowest BCUT2D eigenvalue weighted by molar-refractivity contribution is -0.113. The van der Waals surface area contributed by atoms with Crippen LogP contribution in [0.5, 0.6) is 0 Å². The Morgan fingerprint density at radius 2 is 2.00 bits per heavy atom. The Bertz CT molecular complexity index is 977. The number of hydrogen-bond acceptors (Lipinski definition) is 6. The van der Waals surface area contributed by atoms with Crippen LogP contribution in [0.4, 0.5) is 5.13 Å². The number of aliphatic hydroxyl groups excluding tert-OH is 1. The van der Waals surface area contributed by atoms with Crippen molar-refractivity contribution in [1.29, 1.82) is 0 Å². The molecule has 1 aromatic carbocycles. The molecule has 0 spiro atoms. The third-order valence-corrected chi connectivity index (χ3v) is 6.88. The van der Waals surface area contributed by atoms with E-state index in [1.54, 1.807) is 18.3 Å². The van der Waals surface area contributed by atoms with Crippen LogP contribution in [0.1, 0.15) is 30.2 Å². The highest BCUT2D eigenvalue weighted by Gasteiger charge is 2.37. The van der Waals surface area contributed by atoms with E-state index < -0.39 is 15.9 Å². The van der Waals surface area contributed by atoms with Gasteiger partial charge in [-0.15, -0.1) is 11.3 Å². The van der Waals surface area contributed by atoms with E-state index in [2.05, 4.69) is 10.3 Å². The average molecular weight is 379 g/mol. The summed E-state index contributed by atoms with van der Waals surface area (Å²) in [5.41, 5.74) is -0.229. The zero-order valence-electron chi connectivity index (χ0n) is 13.8. The Balaban J connectivity index is 2.01. The van der Waals surface area contributed by atoms with Crippen molar-refractivity contribution in [2.24, 2.45) is 0 Å². The Morgan fingerprint density at radius 3 is 2.64 bits per heavy atom. The van der Waals surface area contributed by atoms with Gasteiger partial charge in [-0.1, -0.05) is 26.0 Å². The van der Waals surface area contributed by atoms with Crippen molar-refractivity contribution in [1.82, 2.24) is 9.29 Å². The number of sulfonamides is 1. The molecule has 9 heteroatoms. The molecule has 0 radical (unpaired) electrons. The summed E-state index contributed by atoms with van der Waals surface area (Å²) in [7, 11) is -2.68. The van der Waals surface area contributed by atoms with Gasteiger partial charge in [0.25, 0.3) is 15.9 Å². The molecule has 0 aliphatic carbocycles. The van der Waals surface area contributed by atoms with Crippen LogP contribution in [0.25, 0.3) is 5.76 Å². The maximum absolute atomic E-state index is 12.6. The van der Waals surface area contributed by atoms with Crippen LogP contribution >= 0.6 is 11.3 Å². The minimum Gasteiger partial charge on any atom is -0.505 e. The van der Waals surface area contributed by atoms with E-state index in [1.807, 2.05) is 13.8 Å². The molecule has 0 fully saturated rings. The molecule has 2 heterocycles. The lowest BCUT2D eigenvalue weighted by Gasteiger charge is -2.28. The fourth-order valence-corrected chi connectivity index (χ4v) is 4.66. The molecular formula is C16H17N3O4S2. The molecule has 1 amide bonds. The number of hydrogen-bond donors (Lipinski definition) is 2. The lowest BCUT2D eigenvalue weighted by Crippen LogP contribution is -2.37. The van der Waals surface area contributed by atoms with Crippen molar-refractivity contribution in [2.45, 2.75) is 24.7 Å². The van der Waals surface area contributed by atoms with Crippen LogP contribution in [0, 0.1) is 0 Å². The molecule has 1 aliphatic heterocycles. The summed E-state index contributed by atoms with van der Waals surface area (Å²) in [6.45, 7) is 4.01. The van der Waals surface area contributed by atoms with E-state index in [-0.39, 0.29) is 27.8 Å². The third kappa shape index (κ3) is 2.89. The number of aliphatic hydroxyl groups is 1. The fraction of sp³-hybridized carbons (Fsp3) is 0.250. The largest absolute Gasteiger partial charge is 0.505 e. The molecule has 2 N–H and O–H groups in total. The second kappa shape index (κ2) is 6.16. The van der Waals surface area contributed by atoms with Crippen molar-refractivity contribution in [3.05, 3.63) is 46.6 Å². The first kappa shape index (κ1) is 17.4. The summed E-state index contributed by atoms with van der Waals surface area (Å²) < 4.78 is 26.0. The van der Waals surface area contributed by atoms with Crippen molar-refractivity contribution in [3.63, 3.8) is 0 Å². The van der Waals surface area contributed by atoms with Gasteiger partial charge >= 0.3 is 0 Å². The standard InChI is InChI=1S/C16H17N3O4S2/c1-9(2)11-8-17-16(24-11)18-15(21)13-14(20)10-6-4-5-7-12(10)25(22,23)19(13)3/h4-9,20H,1-3H3,(H,17,18,21). The van der Waals surface area contributed by atoms with Crippen molar-refractivity contribution < 1.29 is 18.3 Å². The van der Waals surface area contributed by atoms with Gasteiger partial charge < -0.3 is 5.11 Å². The van der Waals surface area contributed by atoms with E-state index in [4.69, 9.17) is 0 Å². The first-order valence-electron chi connectivity index (χ1n) is 7.52. The van der Waals surface area contributed by atoms with Crippen LogP contribution in [0.3, 0.4) is 0 Å². The van der Waals surface area contributed by atoms with Crippen LogP contribution in [0.15, 0.2) is 41.1 Å². The molecule has 1 aromatic heterocycles. The Morgan fingerprint density at radius 1 is 1.32 bits per heavy atom. The van der Waals surface area contributed by atoms with E-state index in [1.165, 1.54) is 30.5 Å². The average Bonchev–Trinajstić information content (AvgIpc) is 3.02. The first-order chi connectivity index (χ1) is 11.7. The first-order valence-corrected chi connectivity index (χ1v) is 9.77. The predicted octanol–water partition coefficient (Wildman–Crippen LogP) is 2.77. The molecule has 0 atom stereocenters. The third-order valence-electron chi connectivity index (χ3n) is 3.85. The number of nitrogens with one attached hydrogen (secondary N) is 1. The molecule has 1 aliphatic rings. The van der Waals surface area contributed by atoms with Crippen molar-refractivity contribution in [2.75, 3.05) is 12.4 Å². The van der Waals surface area contributed by atoms with Gasteiger partial charge in [-0.3, -0.25) is 14.4 Å². The Hall–Kier alpha value is -2.39. The number of carbonyl (C=O) groups excluding carboxylic acids is 1. The number of thiazole rings is 1. The number of amides is 1. The number of nitrogens with zero attached hydrogens (tertiary/aromatic N) is 2. The second-order valence-corrected chi connectivity index (χ2v) is 8.84. The van der Waals surface area contributed by atoms with Gasteiger partial charge in [0.15, 0.2) is 16.6 Å². The summed E-state index contributed by atoms with van der Waals surface area (Å²) in [6.07, 6.45) is 1.66. The Labute approximate surface area is 149 Å². The van der Waals surface area contributed by atoms with Crippen molar-refractivity contribution >= 4 is 38.2 Å². The molecular weight excluding hydrogens is 362 g/mol. The summed E-state index contributed by atoms with van der Waals surface area (Å²) >= 11 is 1.31. The molecule has 7 nitrogen and oxygen atoms in total. The molecule has 0 saturated carbocycles. The summed E-state index contributed by atoms with van der Waals surface area (Å²) in [4.78, 5) is 17.7. The Kier molecular flexibility index (Phi) is 4.29. The molecule has 0 saturated heterocycles. The van der Waals surface area contributed by atoms with Crippen LogP contribution in [-0.4, -0.2) is 35.8 Å². The molecule has 25 heavy (non-hydrogen) atoms. The molecule has 132 valence electrons. The van der Waals surface area contributed by atoms with Gasteiger partial charge in [0.2, 0.25) is 0 Å². The fourth-order valence-electron chi connectivity index (χ4n) is 2.45. The molecule has 0 unspecified atom stereocenters. The maximum atomic E-state index is 12.6. The number of likely N-dealkylation sites (N-methyl/N-ethyl adjacent to an activating group) is 1. The zero-order chi connectivity index (χ0) is 18.4. The minimum absolute atomic E-state index is 0.0390. The highest BCUT2D eigenvalue weighted by atomic mass is 32.2. The van der Waals surface area contributed by atoms with Gasteiger partial charge in [-0.25, -0.2) is 13.4 Å². The predicted molar refractivity (Wildman–Crippen MR) is 95.8 cm³/mol. The van der Waals surface area contributed by atoms with Gasteiger partial charge in [0.1, 0.15) is 0 Å². The monoisotopic (exact) mass is 379 g/mol. The number of carbonyl (C=O) groups is 1. The summed E-state index contributed by atoms with van der Waals surface area (Å²) in [5.74, 6) is -0.853. The van der Waals surface area contributed by atoms with Crippen LogP contribution in [-0.2, 0) is 14.8 Å². The van der Waals surface area contributed by atoms with Gasteiger partial charge in [-0.05, 0) is 18.1 Å². The normalized spacial score (nSPS) is 16.1. The molecule has 3 rings (SSSR count). The number of benzene rings is 1.